The van der Waals surface area contributed by atoms with E-state index in [1.165, 1.54) is 22.3 Å². The molecule has 106 valence electrons. The van der Waals surface area contributed by atoms with Crippen molar-refractivity contribution in [3.05, 3.63) is 70.8 Å². The highest BCUT2D eigenvalue weighted by molar-refractivity contribution is 5.29. The molecule has 0 saturated carbocycles. The molecule has 2 aromatic rings. The molecule has 0 radical (unpaired) electrons. The van der Waals surface area contributed by atoms with Gasteiger partial charge in [-0.25, -0.2) is 0 Å². The fourth-order valence-electron chi connectivity index (χ4n) is 2.71. The monoisotopic (exact) mass is 267 g/mol. The van der Waals surface area contributed by atoms with Gasteiger partial charge in [0.1, 0.15) is 0 Å². The lowest BCUT2D eigenvalue weighted by molar-refractivity contribution is 0.455. The Labute approximate surface area is 123 Å². The maximum absolute atomic E-state index is 3.76. The third-order valence-electron chi connectivity index (χ3n) is 3.99. The van der Waals surface area contributed by atoms with Crippen LogP contribution in [0, 0.1) is 13.8 Å². The Balaban J connectivity index is 2.14. The number of rotatable bonds is 5. The minimum Gasteiger partial charge on any atom is -0.303 e. The number of hydrogen-bond acceptors (Lipinski definition) is 1. The first-order valence-electron chi connectivity index (χ1n) is 7.50. The van der Waals surface area contributed by atoms with Crippen molar-refractivity contribution >= 4 is 0 Å². The first-order chi connectivity index (χ1) is 9.61. The van der Waals surface area contributed by atoms with Gasteiger partial charge >= 0.3 is 0 Å². The molecule has 2 rings (SSSR count). The van der Waals surface area contributed by atoms with E-state index in [1.807, 2.05) is 0 Å². The minimum absolute atomic E-state index is 0.363. The summed E-state index contributed by atoms with van der Waals surface area (Å²) in [7, 11) is 0. The van der Waals surface area contributed by atoms with Gasteiger partial charge in [0.25, 0.3) is 0 Å². The van der Waals surface area contributed by atoms with Crippen LogP contribution in [-0.2, 0) is 0 Å². The molecule has 0 heterocycles. The minimum atomic E-state index is 0.363. The van der Waals surface area contributed by atoms with Gasteiger partial charge in [0.15, 0.2) is 0 Å². The molecule has 0 aliphatic heterocycles. The van der Waals surface area contributed by atoms with E-state index >= 15 is 0 Å². The van der Waals surface area contributed by atoms with E-state index in [0.717, 1.165) is 6.42 Å². The van der Waals surface area contributed by atoms with Gasteiger partial charge in [-0.1, -0.05) is 61.0 Å². The average molecular weight is 267 g/mol. The van der Waals surface area contributed by atoms with Crippen LogP contribution in [0.4, 0.5) is 0 Å². The zero-order valence-electron chi connectivity index (χ0n) is 13.0. The number of benzene rings is 2. The summed E-state index contributed by atoms with van der Waals surface area (Å²) >= 11 is 0. The Hall–Kier alpha value is -1.60. The van der Waals surface area contributed by atoms with Crippen molar-refractivity contribution in [1.82, 2.24) is 5.32 Å². The summed E-state index contributed by atoms with van der Waals surface area (Å²) in [5.41, 5.74) is 5.43. The Morgan fingerprint density at radius 1 is 0.950 bits per heavy atom. The summed E-state index contributed by atoms with van der Waals surface area (Å²) in [6.45, 7) is 8.80. The molecule has 1 unspecified atom stereocenters. The van der Waals surface area contributed by atoms with Crippen LogP contribution >= 0.6 is 0 Å². The van der Waals surface area contributed by atoms with Gasteiger partial charge in [-0.2, -0.15) is 0 Å². The zero-order valence-corrected chi connectivity index (χ0v) is 13.0. The number of hydrogen-bond donors (Lipinski definition) is 1. The summed E-state index contributed by atoms with van der Waals surface area (Å²) in [5, 5.41) is 3.76. The van der Waals surface area contributed by atoms with E-state index in [2.05, 4.69) is 81.5 Å². The van der Waals surface area contributed by atoms with Crippen molar-refractivity contribution in [3.63, 3.8) is 0 Å². The highest BCUT2D eigenvalue weighted by atomic mass is 14.9. The van der Waals surface area contributed by atoms with Crippen LogP contribution in [0.5, 0.6) is 0 Å². The van der Waals surface area contributed by atoms with E-state index in [-0.39, 0.29) is 0 Å². The molecule has 0 aliphatic rings. The summed E-state index contributed by atoms with van der Waals surface area (Å²) in [6, 6.07) is 18.2. The molecule has 1 nitrogen and oxygen atoms in total. The third kappa shape index (κ3) is 3.49. The van der Waals surface area contributed by atoms with Crippen molar-refractivity contribution < 1.29 is 0 Å². The highest BCUT2D eigenvalue weighted by Crippen LogP contribution is 2.24. The molecule has 0 bridgehead atoms. The van der Waals surface area contributed by atoms with E-state index in [4.69, 9.17) is 0 Å². The van der Waals surface area contributed by atoms with Crippen LogP contribution in [0.2, 0.25) is 0 Å². The van der Waals surface area contributed by atoms with E-state index < -0.39 is 0 Å². The average Bonchev–Trinajstić information content (AvgIpc) is 2.46. The maximum atomic E-state index is 3.76. The smallest absolute Gasteiger partial charge is 0.0323 e. The molecule has 0 amide bonds. The summed E-state index contributed by atoms with van der Waals surface area (Å²) < 4.78 is 0. The van der Waals surface area contributed by atoms with Gasteiger partial charge < -0.3 is 5.32 Å². The first-order valence-corrected chi connectivity index (χ1v) is 7.50. The van der Waals surface area contributed by atoms with Crippen LogP contribution in [0.1, 0.15) is 54.6 Å². The first kappa shape index (κ1) is 14.8. The Morgan fingerprint density at radius 3 is 2.20 bits per heavy atom. The number of nitrogens with one attached hydrogen (secondary N) is 1. The van der Waals surface area contributed by atoms with Crippen molar-refractivity contribution in [2.24, 2.45) is 0 Å². The summed E-state index contributed by atoms with van der Waals surface area (Å²) in [5.74, 6) is 0. The topological polar surface area (TPSA) is 12.0 Å². The van der Waals surface area contributed by atoms with Gasteiger partial charge in [-0.05, 0) is 43.9 Å². The predicted molar refractivity (Wildman–Crippen MR) is 86.9 cm³/mol. The Kier molecular flexibility index (Phi) is 4.97. The molecule has 1 N–H and O–H groups in total. The van der Waals surface area contributed by atoms with Gasteiger partial charge in [0, 0.05) is 12.1 Å². The van der Waals surface area contributed by atoms with E-state index in [1.54, 1.807) is 0 Å². The van der Waals surface area contributed by atoms with Gasteiger partial charge in [-0.3, -0.25) is 0 Å². The van der Waals surface area contributed by atoms with Crippen molar-refractivity contribution in [3.8, 4) is 0 Å². The zero-order chi connectivity index (χ0) is 14.5. The van der Waals surface area contributed by atoms with Gasteiger partial charge in [0.05, 0.1) is 0 Å². The normalized spacial score (nSPS) is 14.0. The Bertz CT molecular complexity index is 542. The third-order valence-corrected chi connectivity index (χ3v) is 3.99. The van der Waals surface area contributed by atoms with Crippen LogP contribution in [0.3, 0.4) is 0 Å². The standard InChI is InChI=1S/C19H25N/c1-5-19(17-12-10-14(2)11-13-17)20-16(4)18-9-7-6-8-15(18)3/h6-13,16,19-20H,5H2,1-4H3/t16-,19?/m1/s1. The predicted octanol–water partition coefficient (Wildman–Crippen LogP) is 5.11. The van der Waals surface area contributed by atoms with E-state index in [0.29, 0.717) is 12.1 Å². The fourth-order valence-corrected chi connectivity index (χ4v) is 2.71. The lowest BCUT2D eigenvalue weighted by atomic mass is 9.98. The van der Waals surface area contributed by atoms with Gasteiger partial charge in [0.2, 0.25) is 0 Å². The molecule has 0 aromatic heterocycles. The van der Waals surface area contributed by atoms with Crippen molar-refractivity contribution in [2.45, 2.75) is 46.2 Å². The lowest BCUT2D eigenvalue weighted by Crippen LogP contribution is -2.24. The molecular weight excluding hydrogens is 242 g/mol. The molecular formula is C19H25N. The summed E-state index contributed by atoms with van der Waals surface area (Å²) in [4.78, 5) is 0. The van der Waals surface area contributed by atoms with Crippen LogP contribution < -0.4 is 5.32 Å². The molecule has 20 heavy (non-hydrogen) atoms. The molecule has 1 heteroatoms. The van der Waals surface area contributed by atoms with Gasteiger partial charge in [-0.15, -0.1) is 0 Å². The molecule has 2 atom stereocenters. The Morgan fingerprint density at radius 2 is 1.60 bits per heavy atom. The second-order valence-electron chi connectivity index (χ2n) is 5.62. The van der Waals surface area contributed by atoms with Crippen molar-refractivity contribution in [2.75, 3.05) is 0 Å². The molecule has 0 fully saturated rings. The van der Waals surface area contributed by atoms with Crippen LogP contribution in [0.25, 0.3) is 0 Å². The second-order valence-corrected chi connectivity index (χ2v) is 5.62. The van der Waals surface area contributed by atoms with E-state index in [9.17, 15) is 0 Å². The maximum Gasteiger partial charge on any atom is 0.0323 e. The molecule has 0 spiro atoms. The fraction of sp³-hybridized carbons (Fsp3) is 0.368. The largest absolute Gasteiger partial charge is 0.303 e. The second kappa shape index (κ2) is 6.71. The SMILES string of the molecule is CCC(N[C@H](C)c1ccccc1C)c1ccc(C)cc1. The van der Waals surface area contributed by atoms with Crippen molar-refractivity contribution in [1.29, 1.82) is 0 Å². The lowest BCUT2D eigenvalue weighted by Gasteiger charge is -2.24. The number of aryl methyl sites for hydroxylation is 2. The molecule has 2 aromatic carbocycles. The summed E-state index contributed by atoms with van der Waals surface area (Å²) in [6.07, 6.45) is 1.10. The van der Waals surface area contributed by atoms with Crippen LogP contribution in [-0.4, -0.2) is 0 Å². The highest BCUT2D eigenvalue weighted by Gasteiger charge is 2.14. The van der Waals surface area contributed by atoms with Crippen LogP contribution in [0.15, 0.2) is 48.5 Å². The molecule has 0 saturated heterocycles. The quantitative estimate of drug-likeness (QED) is 0.794. The molecule has 0 aliphatic carbocycles.